The fourth-order valence-electron chi connectivity index (χ4n) is 3.94. The Balaban J connectivity index is 3.13. The number of aliphatic carboxylic acids is 1. The third-order valence-corrected chi connectivity index (χ3v) is 5.69. The fourth-order valence-corrected chi connectivity index (χ4v) is 3.94. The van der Waals surface area contributed by atoms with Gasteiger partial charge in [-0.1, -0.05) is 109 Å². The van der Waals surface area contributed by atoms with E-state index in [9.17, 15) is 9.59 Å². The minimum Gasteiger partial charge on any atom is -0.481 e. The van der Waals surface area contributed by atoms with Crippen molar-refractivity contribution in [1.29, 1.82) is 0 Å². The lowest BCUT2D eigenvalue weighted by atomic mass is 10.0. The highest BCUT2D eigenvalue weighted by Gasteiger charge is 2.15. The molecule has 0 unspecified atom stereocenters. The zero-order chi connectivity index (χ0) is 23.2. The van der Waals surface area contributed by atoms with E-state index in [4.69, 9.17) is 9.84 Å². The zero-order valence-corrected chi connectivity index (χ0v) is 21.0. The van der Waals surface area contributed by atoms with E-state index in [0.717, 1.165) is 25.7 Å². The molecule has 0 fully saturated rings. The maximum atomic E-state index is 11.6. The van der Waals surface area contributed by atoms with Gasteiger partial charge in [0, 0.05) is 12.8 Å². The SMILES string of the molecule is CC(C)(C)OC(=O)CCCCCCCCCCCCCCCCCCCCCC(=O)O. The molecule has 0 spiro atoms. The topological polar surface area (TPSA) is 63.6 Å². The summed E-state index contributed by atoms with van der Waals surface area (Å²) in [6, 6.07) is 0. The number of carbonyl (C=O) groups excluding carboxylic acids is 1. The molecule has 0 saturated heterocycles. The molecule has 0 bridgehead atoms. The van der Waals surface area contributed by atoms with Crippen molar-refractivity contribution in [1.82, 2.24) is 0 Å². The van der Waals surface area contributed by atoms with Crippen LogP contribution in [0.4, 0.5) is 0 Å². The van der Waals surface area contributed by atoms with Gasteiger partial charge in [-0.15, -0.1) is 0 Å². The number of esters is 1. The summed E-state index contributed by atoms with van der Waals surface area (Å²) in [6.07, 6.45) is 24.9. The summed E-state index contributed by atoms with van der Waals surface area (Å²) in [6.45, 7) is 5.76. The third-order valence-electron chi connectivity index (χ3n) is 5.69. The normalized spacial score (nSPS) is 11.6. The Morgan fingerprint density at radius 1 is 0.516 bits per heavy atom. The van der Waals surface area contributed by atoms with Crippen molar-refractivity contribution in [2.24, 2.45) is 0 Å². The Bertz CT molecular complexity index is 425. The molecule has 0 aliphatic rings. The van der Waals surface area contributed by atoms with Crippen LogP contribution in [-0.2, 0) is 14.3 Å². The lowest BCUT2D eigenvalue weighted by Crippen LogP contribution is -2.23. The number of hydrogen-bond acceptors (Lipinski definition) is 3. The molecule has 0 rings (SSSR count). The van der Waals surface area contributed by atoms with Crippen LogP contribution in [-0.4, -0.2) is 22.6 Å². The molecule has 0 aliphatic carbocycles. The van der Waals surface area contributed by atoms with Crippen molar-refractivity contribution in [3.63, 3.8) is 0 Å². The van der Waals surface area contributed by atoms with Gasteiger partial charge < -0.3 is 9.84 Å². The van der Waals surface area contributed by atoms with Crippen molar-refractivity contribution in [2.75, 3.05) is 0 Å². The first-order chi connectivity index (χ1) is 14.8. The van der Waals surface area contributed by atoms with E-state index in [-0.39, 0.29) is 11.6 Å². The molecule has 184 valence electrons. The number of carboxylic acids is 1. The predicted molar refractivity (Wildman–Crippen MR) is 130 cm³/mol. The zero-order valence-electron chi connectivity index (χ0n) is 21.0. The van der Waals surface area contributed by atoms with Gasteiger partial charge in [0.15, 0.2) is 0 Å². The summed E-state index contributed by atoms with van der Waals surface area (Å²) >= 11 is 0. The molecule has 1 N–H and O–H groups in total. The molecule has 4 nitrogen and oxygen atoms in total. The number of carboxylic acid groups (broad SMARTS) is 1. The van der Waals surface area contributed by atoms with Gasteiger partial charge in [-0.2, -0.15) is 0 Å². The van der Waals surface area contributed by atoms with Gasteiger partial charge in [0.2, 0.25) is 0 Å². The molecule has 0 aromatic heterocycles. The van der Waals surface area contributed by atoms with Crippen LogP contribution >= 0.6 is 0 Å². The molecular formula is C27H52O4. The molecule has 0 amide bonds. The standard InChI is InChI=1S/C27H52O4/c1-27(2,3)31-26(30)24-22-20-18-16-14-12-10-8-6-4-5-7-9-11-13-15-17-19-21-23-25(28)29/h4-24H2,1-3H3,(H,28,29). The van der Waals surface area contributed by atoms with E-state index in [1.807, 2.05) is 20.8 Å². The largest absolute Gasteiger partial charge is 0.481 e. The van der Waals surface area contributed by atoms with Gasteiger partial charge in [-0.3, -0.25) is 9.59 Å². The van der Waals surface area contributed by atoms with Crippen LogP contribution in [0.5, 0.6) is 0 Å². The van der Waals surface area contributed by atoms with Crippen molar-refractivity contribution in [3.05, 3.63) is 0 Å². The first-order valence-electron chi connectivity index (χ1n) is 13.2. The van der Waals surface area contributed by atoms with Gasteiger partial charge in [0.1, 0.15) is 5.60 Å². The van der Waals surface area contributed by atoms with E-state index < -0.39 is 5.97 Å². The van der Waals surface area contributed by atoms with Gasteiger partial charge in [-0.05, 0) is 33.6 Å². The second-order valence-electron chi connectivity index (χ2n) is 10.2. The molecule has 0 saturated carbocycles. The van der Waals surface area contributed by atoms with Crippen molar-refractivity contribution in [2.45, 2.75) is 161 Å². The van der Waals surface area contributed by atoms with Crippen molar-refractivity contribution >= 4 is 11.9 Å². The Kier molecular flexibility index (Phi) is 20.1. The molecule has 0 aliphatic heterocycles. The van der Waals surface area contributed by atoms with Crippen LogP contribution in [0.15, 0.2) is 0 Å². The summed E-state index contributed by atoms with van der Waals surface area (Å²) in [7, 11) is 0. The second kappa shape index (κ2) is 20.8. The second-order valence-corrected chi connectivity index (χ2v) is 10.2. The summed E-state index contributed by atoms with van der Waals surface area (Å²) in [5, 5.41) is 8.59. The Morgan fingerprint density at radius 2 is 0.774 bits per heavy atom. The average Bonchev–Trinajstić information content (AvgIpc) is 2.67. The number of hydrogen-bond donors (Lipinski definition) is 1. The molecule has 0 radical (unpaired) electrons. The average molecular weight is 441 g/mol. The molecule has 31 heavy (non-hydrogen) atoms. The van der Waals surface area contributed by atoms with Crippen molar-refractivity contribution in [3.8, 4) is 0 Å². The Labute approximate surface area is 192 Å². The molecule has 0 heterocycles. The minimum absolute atomic E-state index is 0.0579. The number of carbonyl (C=O) groups is 2. The number of unbranched alkanes of at least 4 members (excludes halogenated alkanes) is 18. The molecule has 4 heteroatoms. The summed E-state index contributed by atoms with van der Waals surface area (Å²) in [5.74, 6) is -0.721. The lowest BCUT2D eigenvalue weighted by Gasteiger charge is -2.19. The number of ether oxygens (including phenoxy) is 1. The van der Waals surface area contributed by atoms with E-state index in [1.54, 1.807) is 0 Å². The minimum atomic E-state index is -0.663. The van der Waals surface area contributed by atoms with Gasteiger partial charge >= 0.3 is 11.9 Å². The molecular weight excluding hydrogens is 388 g/mol. The van der Waals surface area contributed by atoms with E-state index >= 15 is 0 Å². The third kappa shape index (κ3) is 26.9. The summed E-state index contributed by atoms with van der Waals surface area (Å²) < 4.78 is 5.33. The summed E-state index contributed by atoms with van der Waals surface area (Å²) in [5.41, 5.74) is -0.358. The first kappa shape index (κ1) is 29.9. The smallest absolute Gasteiger partial charge is 0.306 e. The molecule has 0 aromatic rings. The predicted octanol–water partition coefficient (Wildman–Crippen LogP) is 8.60. The van der Waals surface area contributed by atoms with Crippen LogP contribution in [0.2, 0.25) is 0 Å². The highest BCUT2D eigenvalue weighted by atomic mass is 16.6. The fraction of sp³-hybridized carbons (Fsp3) is 0.926. The van der Waals surface area contributed by atoms with Crippen molar-refractivity contribution < 1.29 is 19.4 Å². The summed E-state index contributed by atoms with van der Waals surface area (Å²) in [4.78, 5) is 22.1. The van der Waals surface area contributed by atoms with Gasteiger partial charge in [-0.25, -0.2) is 0 Å². The highest BCUT2D eigenvalue weighted by molar-refractivity contribution is 5.69. The molecule has 0 atom stereocenters. The van der Waals surface area contributed by atoms with Crippen LogP contribution < -0.4 is 0 Å². The highest BCUT2D eigenvalue weighted by Crippen LogP contribution is 2.15. The van der Waals surface area contributed by atoms with E-state index in [2.05, 4.69) is 0 Å². The maximum Gasteiger partial charge on any atom is 0.306 e. The van der Waals surface area contributed by atoms with Crippen LogP contribution in [0.25, 0.3) is 0 Å². The number of rotatable bonds is 22. The monoisotopic (exact) mass is 440 g/mol. The lowest BCUT2D eigenvalue weighted by molar-refractivity contribution is -0.155. The Hall–Kier alpha value is -1.06. The Morgan fingerprint density at radius 3 is 1.03 bits per heavy atom. The van der Waals surface area contributed by atoms with Gasteiger partial charge in [0.25, 0.3) is 0 Å². The maximum absolute atomic E-state index is 11.6. The van der Waals surface area contributed by atoms with Crippen LogP contribution in [0.1, 0.15) is 156 Å². The van der Waals surface area contributed by atoms with Gasteiger partial charge in [0.05, 0.1) is 0 Å². The van der Waals surface area contributed by atoms with E-state index in [0.29, 0.717) is 12.8 Å². The van der Waals surface area contributed by atoms with E-state index in [1.165, 1.54) is 96.3 Å². The first-order valence-corrected chi connectivity index (χ1v) is 13.2. The van der Waals surface area contributed by atoms with Crippen LogP contribution in [0, 0.1) is 0 Å². The van der Waals surface area contributed by atoms with Crippen LogP contribution in [0.3, 0.4) is 0 Å². The quantitative estimate of drug-likeness (QED) is 0.135. The molecule has 0 aromatic carbocycles.